The van der Waals surface area contributed by atoms with Crippen molar-refractivity contribution in [2.24, 2.45) is 9.98 Å². The maximum atomic E-state index is 13.2. The van der Waals surface area contributed by atoms with E-state index in [1.165, 1.54) is 192 Å². The van der Waals surface area contributed by atoms with Crippen molar-refractivity contribution in [2.45, 2.75) is 75.5 Å². The summed E-state index contributed by atoms with van der Waals surface area (Å²) in [6.45, 7) is 10.8. The van der Waals surface area contributed by atoms with Crippen LogP contribution in [0, 0.1) is 20.8 Å². The van der Waals surface area contributed by atoms with Crippen LogP contribution in [0.3, 0.4) is 0 Å². The third-order valence-electron chi connectivity index (χ3n) is 16.6. The molecule has 12 rings (SSSR count). The number of morpholine rings is 2. The van der Waals surface area contributed by atoms with E-state index in [9.17, 15) is 65.5 Å². The molecule has 5 heterocycles. The van der Waals surface area contributed by atoms with Crippen LogP contribution in [0.5, 0.6) is 5.75 Å². The van der Waals surface area contributed by atoms with E-state index in [0.29, 0.717) is 52.7 Å². The van der Waals surface area contributed by atoms with Crippen LogP contribution in [0.25, 0.3) is 0 Å². The number of anilines is 4. The van der Waals surface area contributed by atoms with Crippen LogP contribution in [0.15, 0.2) is 201 Å². The molecule has 0 spiro atoms. The summed E-state index contributed by atoms with van der Waals surface area (Å²) in [5, 5.41) is 33.1. The van der Waals surface area contributed by atoms with E-state index in [-0.39, 0.29) is 193 Å². The van der Waals surface area contributed by atoms with Crippen molar-refractivity contribution in [1.82, 2.24) is 18.1 Å². The van der Waals surface area contributed by atoms with Crippen LogP contribution in [-0.2, 0) is 69.6 Å². The number of rotatable bonds is 22. The van der Waals surface area contributed by atoms with Gasteiger partial charge in [-0.2, -0.15) is 24.7 Å². The number of aromatic nitrogens is 1. The third-order valence-corrected chi connectivity index (χ3v) is 30.0. The number of halogens is 4. The largest absolute Gasteiger partial charge is 1.00 e. The average Bonchev–Trinajstić information content (AvgIpc) is 1.79. The van der Waals surface area contributed by atoms with Crippen molar-refractivity contribution in [3.05, 3.63) is 211 Å². The van der Waals surface area contributed by atoms with E-state index in [1.807, 2.05) is 13.8 Å². The molecule has 0 saturated carbocycles. The zero-order chi connectivity index (χ0) is 80.5. The van der Waals surface area contributed by atoms with Crippen molar-refractivity contribution in [1.29, 1.82) is 0 Å². The number of methoxy groups -OCH3 is 1. The first-order valence-corrected chi connectivity index (χ1v) is 45.4. The molecule has 0 aliphatic carbocycles. The van der Waals surface area contributed by atoms with E-state index in [4.69, 9.17) is 65.1 Å². The quantitative estimate of drug-likeness (QED) is 0.0404. The molecule has 3 saturated heterocycles. The van der Waals surface area contributed by atoms with Gasteiger partial charge in [-0.25, -0.2) is 50.5 Å². The summed E-state index contributed by atoms with van der Waals surface area (Å²) in [4.78, 5) is 21.4. The minimum absolute atomic E-state index is 0. The van der Waals surface area contributed by atoms with Gasteiger partial charge in [0.15, 0.2) is 10.7 Å². The monoisotopic (exact) mass is 1800 g/mol. The maximum Gasteiger partial charge on any atom is 1.00 e. The number of hydrogen-bond acceptors (Lipinski definition) is 24. The van der Waals surface area contributed by atoms with Gasteiger partial charge in [0.05, 0.1) is 90.5 Å². The topological polar surface area (TPSA) is 404 Å². The molecule has 29 nitrogen and oxygen atoms in total. The molecule has 2 unspecified atom stereocenters. The van der Waals surface area contributed by atoms with Gasteiger partial charge in [0.1, 0.15) is 15.7 Å². The number of benzene rings is 7. The summed E-state index contributed by atoms with van der Waals surface area (Å²) >= 11 is 26.4. The van der Waals surface area contributed by atoms with Crippen LogP contribution < -0.4 is 93.5 Å². The van der Waals surface area contributed by atoms with Gasteiger partial charge in [-0.1, -0.05) is 51.6 Å². The van der Waals surface area contributed by atoms with E-state index in [0.717, 1.165) is 22.8 Å². The molecule has 3 fully saturated rings. The Bertz CT molecular complexity index is 5690. The fourth-order valence-electron chi connectivity index (χ4n) is 11.3. The van der Waals surface area contributed by atoms with E-state index < -0.39 is 77.8 Å². The van der Waals surface area contributed by atoms with Crippen molar-refractivity contribution >= 4 is 181 Å². The molecule has 1 amide bonds. The molecule has 0 bridgehead atoms. The zero-order valence-electron chi connectivity index (χ0n) is 61.5. The normalized spacial score (nSPS) is 16.3. The first kappa shape index (κ1) is 92.6. The molecule has 43 heteroatoms. The Morgan fingerprint density at radius 3 is 1.45 bits per heavy atom. The van der Waals surface area contributed by atoms with Crippen LogP contribution >= 0.6 is 69.5 Å². The number of thiophene rings is 1. The number of amides is 1. The molecule has 3 aliphatic heterocycles. The van der Waals surface area contributed by atoms with Crippen molar-refractivity contribution in [3.8, 4) is 5.75 Å². The first-order valence-electron chi connectivity index (χ1n) is 33.1. The third kappa shape index (κ3) is 23.5. The molecule has 3 aliphatic rings. The second-order valence-electron chi connectivity index (χ2n) is 24.6. The Morgan fingerprint density at radius 1 is 0.531 bits per heavy atom. The van der Waals surface area contributed by atoms with Gasteiger partial charge >= 0.3 is 59.1 Å². The number of carbonyl (C=O) groups is 1. The Morgan fingerprint density at radius 2 is 0.982 bits per heavy atom. The van der Waals surface area contributed by atoms with Gasteiger partial charge < -0.3 is 34.3 Å². The summed E-state index contributed by atoms with van der Waals surface area (Å²) in [6.07, 6.45) is -0.468. The summed E-state index contributed by atoms with van der Waals surface area (Å²) in [6, 6.07) is 36.4. The van der Waals surface area contributed by atoms with Crippen LogP contribution in [0.4, 0.5) is 34.1 Å². The standard InChI is InChI=1S/C25H26ClN3O6S3.C24H27ClN4O7S2.C21H19Cl2N3O6S3.2Na/c1-17-15-22(23(16-24(17)35-2)28-37(31,32)20-7-3-18(26)4-8-20)25(30)27-19-5-9-21(10-6-19)38(33,34)29-11-13-36-14-12-29;1-14-12-29(13-15(2)35-14)38(33,34)20-8-6-19(7-9-20)26-24(30)21-11-18(25)5-10-22(21)28-37(31,32)23-16(3)27-36-17(23)4;22-14-1-6-18(25-34(28,29)20-8-7-19(23)33-20)17(13-14)21(27)24-15-2-4-16(5-3-15)35(30,31)26-9-11-32-12-10-26;;/h3-10,15-16,28H,11-14H2,1-2H3,(H,27,30);5-11,14-15,28H,12-13H2,1-4H3,(H,26,30);1-8,13,25H,9-12H2,(H,24,27);;/q;;;2*+1/p-2. The predicted octanol–water partition coefficient (Wildman–Crippen LogP) is 4.75. The Labute approximate surface area is 727 Å². The van der Waals surface area contributed by atoms with Gasteiger partial charge in [0.25, 0.3) is 36.0 Å². The van der Waals surface area contributed by atoms with Crippen molar-refractivity contribution < 1.29 is 143 Å². The Hall–Kier alpha value is -5.93. The van der Waals surface area contributed by atoms with Crippen LogP contribution in [0.2, 0.25) is 19.4 Å². The summed E-state index contributed by atoms with van der Waals surface area (Å²) in [7, 11) is -21.8. The molecule has 2 aromatic heterocycles. The van der Waals surface area contributed by atoms with Gasteiger partial charge in [0, 0.05) is 88.7 Å². The summed E-state index contributed by atoms with van der Waals surface area (Å²) in [5.41, 5.74) is 1.35. The molecule has 113 heavy (non-hydrogen) atoms. The van der Waals surface area contributed by atoms with E-state index in [2.05, 4.69) is 34.6 Å². The minimum atomic E-state index is -4.14. The molecule has 9 aromatic rings. The molecular weight excluding hydrogens is 1730 g/mol. The van der Waals surface area contributed by atoms with Gasteiger partial charge in [-0.3, -0.25) is 28.9 Å². The second-order valence-corrected chi connectivity index (χ2v) is 39.9. The smallest absolute Gasteiger partial charge is 0.858 e. The van der Waals surface area contributed by atoms with Gasteiger partial charge in [-0.15, -0.1) is 11.3 Å². The van der Waals surface area contributed by atoms with Crippen LogP contribution in [-0.4, -0.2) is 170 Å². The number of nitrogens with one attached hydrogen (secondary N) is 4. The van der Waals surface area contributed by atoms with E-state index >= 15 is 0 Å². The number of carbonyl (C=O) groups excluding carboxylic acids is 1. The Balaban J connectivity index is 0.000000211. The maximum absolute atomic E-state index is 13.2. The number of nitrogens with zero attached hydrogens (tertiary/aromatic N) is 6. The number of aryl methyl sites for hydroxylation is 3. The molecule has 7 aromatic carbocycles. The van der Waals surface area contributed by atoms with Crippen molar-refractivity contribution in [2.75, 3.05) is 90.6 Å². The second kappa shape index (κ2) is 39.5. The summed E-state index contributed by atoms with van der Waals surface area (Å²) < 4.78 is 188. The Kier molecular flexibility index (Phi) is 32.4. The molecule has 4 N–H and O–H groups in total. The fraction of sp³-hybridized carbons (Fsp3) is 0.257. The average molecular weight is 1800 g/mol. The predicted molar refractivity (Wildman–Crippen MR) is 424 cm³/mol. The van der Waals surface area contributed by atoms with Gasteiger partial charge in [-0.05, 0) is 204 Å². The number of thioether (sulfide) groups is 1. The molecule has 592 valence electrons. The van der Waals surface area contributed by atoms with Crippen LogP contribution in [0.1, 0.15) is 52.3 Å². The van der Waals surface area contributed by atoms with Crippen molar-refractivity contribution in [3.63, 3.8) is 0 Å². The minimum Gasteiger partial charge on any atom is -0.858 e. The molecule has 0 radical (unpaired) electrons. The fourth-order valence-corrected chi connectivity index (χ4v) is 22.3. The number of ether oxygens (including phenoxy) is 3. The molecular formula is C70H70Cl4N10Na2O19S8. The zero-order valence-corrected chi connectivity index (χ0v) is 75.0. The molecule has 2 atom stereocenters. The number of sulfonamides is 6. The SMILES string of the molecule is COc1cc(NS(=O)(=O)c2ccc(Cl)cc2)c(C(=O)Nc2ccc(S(=O)(=O)N3CCSCC3)cc2)cc1C.Cc1noc(C)c1S(=O)(=O)Nc1ccc(Cl)cc1C([O-])=Nc1ccc(S(=O)(=O)N2CC(C)OC(C)C2)cc1.O=S(=O)(Nc1ccc(Cl)cc1C([O-])=Nc1ccc(S(=O)(=O)N2CCOCC2)cc1)c1ccc(Cl)s1.[Na+].[Na+]. The number of aliphatic imine (C=N–C) groups is 2. The summed E-state index contributed by atoms with van der Waals surface area (Å²) in [5.74, 6) is -0.155. The first-order chi connectivity index (χ1) is 52.3. The van der Waals surface area contributed by atoms with Gasteiger partial charge in [0.2, 0.25) is 30.1 Å². The van der Waals surface area contributed by atoms with E-state index in [1.54, 1.807) is 18.7 Å². The number of hydrogen-bond donors (Lipinski definition) is 4.